The first kappa shape index (κ1) is 16.4. The van der Waals surface area contributed by atoms with Crippen LogP contribution in [0.3, 0.4) is 0 Å². The Morgan fingerprint density at radius 3 is 2.74 bits per heavy atom. The number of rotatable bonds is 6. The van der Waals surface area contributed by atoms with Gasteiger partial charge in [0.05, 0.1) is 11.4 Å². The number of hydrogen-bond donors (Lipinski definition) is 2. The van der Waals surface area contributed by atoms with Crippen LogP contribution in [0, 0.1) is 9.39 Å². The van der Waals surface area contributed by atoms with Crippen LogP contribution in [-0.4, -0.2) is 16.0 Å². The number of aromatic nitrogens is 2. The van der Waals surface area contributed by atoms with E-state index >= 15 is 0 Å². The van der Waals surface area contributed by atoms with Gasteiger partial charge in [0, 0.05) is 21.6 Å². The summed E-state index contributed by atoms with van der Waals surface area (Å²) in [6, 6.07) is 7.33. The molecule has 122 valence electrons. The van der Waals surface area contributed by atoms with Crippen LogP contribution < -0.4 is 10.6 Å². The number of nitrogens with zero attached hydrogens (tertiary/aromatic N) is 2. The van der Waals surface area contributed by atoms with Crippen molar-refractivity contribution in [3.63, 3.8) is 0 Å². The topological polar surface area (TPSA) is 49.8 Å². The van der Waals surface area contributed by atoms with Crippen LogP contribution in [0.25, 0.3) is 0 Å². The molecule has 1 aliphatic carbocycles. The Morgan fingerprint density at radius 2 is 2.09 bits per heavy atom. The van der Waals surface area contributed by atoms with Gasteiger partial charge in [-0.1, -0.05) is 6.92 Å². The van der Waals surface area contributed by atoms with Crippen LogP contribution in [0.2, 0.25) is 0 Å². The Hall–Kier alpha value is -1.44. The summed E-state index contributed by atoms with van der Waals surface area (Å²) in [6.07, 6.45) is 3.32. The predicted molar refractivity (Wildman–Crippen MR) is 99.8 cm³/mol. The van der Waals surface area contributed by atoms with E-state index in [0.717, 1.165) is 28.5 Å². The van der Waals surface area contributed by atoms with Crippen LogP contribution in [0.5, 0.6) is 0 Å². The molecule has 1 fully saturated rings. The molecule has 0 radical (unpaired) electrons. The number of halogens is 2. The molecule has 0 saturated heterocycles. The highest BCUT2D eigenvalue weighted by atomic mass is 127. The lowest BCUT2D eigenvalue weighted by Crippen LogP contribution is -2.16. The van der Waals surface area contributed by atoms with Crippen molar-refractivity contribution in [2.45, 2.75) is 45.1 Å². The molecule has 23 heavy (non-hydrogen) atoms. The number of nitrogens with one attached hydrogen (secondary N) is 2. The van der Waals surface area contributed by atoms with Crippen molar-refractivity contribution in [2.75, 3.05) is 10.6 Å². The van der Waals surface area contributed by atoms with Crippen LogP contribution in [-0.2, 0) is 0 Å². The monoisotopic (exact) mass is 426 g/mol. The second-order valence-corrected chi connectivity index (χ2v) is 7.22. The highest BCUT2D eigenvalue weighted by Crippen LogP contribution is 2.40. The molecule has 0 amide bonds. The molecule has 0 bridgehead atoms. The second kappa shape index (κ2) is 6.98. The number of anilines is 3. The summed E-state index contributed by atoms with van der Waals surface area (Å²) in [6.45, 7) is 4.21. The minimum Gasteiger partial charge on any atom is -0.352 e. The normalized spacial score (nSPS) is 15.3. The van der Waals surface area contributed by atoms with E-state index in [0.29, 0.717) is 29.4 Å². The molecule has 1 aliphatic rings. The third kappa shape index (κ3) is 4.31. The zero-order chi connectivity index (χ0) is 16.4. The van der Waals surface area contributed by atoms with E-state index in [9.17, 15) is 4.39 Å². The quantitative estimate of drug-likeness (QED) is 0.635. The molecule has 0 spiro atoms. The minimum absolute atomic E-state index is 0.278. The minimum atomic E-state index is -0.278. The van der Waals surface area contributed by atoms with E-state index in [1.807, 2.05) is 12.1 Å². The fourth-order valence-corrected chi connectivity index (χ4v) is 2.69. The Kier molecular flexibility index (Phi) is 4.99. The lowest BCUT2D eigenvalue weighted by atomic mass is 10.2. The summed E-state index contributed by atoms with van der Waals surface area (Å²) in [5, 5.41) is 6.39. The first-order valence-electron chi connectivity index (χ1n) is 7.92. The third-order valence-corrected chi connectivity index (χ3v) is 4.59. The summed E-state index contributed by atoms with van der Waals surface area (Å²) in [4.78, 5) is 9.09. The maximum Gasteiger partial charge on any atom is 0.225 e. The van der Waals surface area contributed by atoms with E-state index in [-0.39, 0.29) is 5.82 Å². The summed E-state index contributed by atoms with van der Waals surface area (Å²) in [5.41, 5.74) is 1.46. The van der Waals surface area contributed by atoms with Gasteiger partial charge in [0.2, 0.25) is 5.95 Å². The second-order valence-electron chi connectivity index (χ2n) is 5.98. The zero-order valence-electron chi connectivity index (χ0n) is 13.2. The average molecular weight is 426 g/mol. The molecule has 1 atom stereocenters. The van der Waals surface area contributed by atoms with Gasteiger partial charge in [-0.3, -0.25) is 0 Å². The zero-order valence-corrected chi connectivity index (χ0v) is 15.4. The van der Waals surface area contributed by atoms with E-state index in [2.05, 4.69) is 57.0 Å². The molecule has 4 nitrogen and oxygen atoms in total. The molecule has 0 aliphatic heterocycles. The van der Waals surface area contributed by atoms with Gasteiger partial charge in [-0.25, -0.2) is 9.37 Å². The molecule has 1 aromatic heterocycles. The van der Waals surface area contributed by atoms with Crippen molar-refractivity contribution in [1.29, 1.82) is 0 Å². The molecule has 2 N–H and O–H groups in total. The summed E-state index contributed by atoms with van der Waals surface area (Å²) < 4.78 is 14.9. The Bertz CT molecular complexity index is 703. The van der Waals surface area contributed by atoms with E-state index in [1.165, 1.54) is 6.07 Å². The molecule has 0 unspecified atom stereocenters. The van der Waals surface area contributed by atoms with Gasteiger partial charge < -0.3 is 10.6 Å². The Labute approximate surface area is 149 Å². The SMILES string of the molecule is CC[C@H](C)Nc1nc(Nc2ccc(I)cc2F)cc(C2CC2)n1. The van der Waals surface area contributed by atoms with Crippen molar-refractivity contribution in [1.82, 2.24) is 9.97 Å². The van der Waals surface area contributed by atoms with E-state index in [1.54, 1.807) is 6.07 Å². The fraction of sp³-hybridized carbons (Fsp3) is 0.412. The van der Waals surface area contributed by atoms with Gasteiger partial charge in [0.25, 0.3) is 0 Å². The largest absolute Gasteiger partial charge is 0.352 e. The maximum absolute atomic E-state index is 14.0. The van der Waals surface area contributed by atoms with Crippen molar-refractivity contribution in [2.24, 2.45) is 0 Å². The molecule has 1 heterocycles. The summed E-state index contributed by atoms with van der Waals surface area (Å²) in [5.74, 6) is 1.47. The van der Waals surface area contributed by atoms with Gasteiger partial charge in [-0.2, -0.15) is 4.98 Å². The van der Waals surface area contributed by atoms with Gasteiger partial charge >= 0.3 is 0 Å². The van der Waals surface area contributed by atoms with Crippen molar-refractivity contribution in [3.05, 3.63) is 39.3 Å². The van der Waals surface area contributed by atoms with Gasteiger partial charge in [-0.05, 0) is 67.0 Å². The molecule has 2 aromatic rings. The lowest BCUT2D eigenvalue weighted by molar-refractivity contribution is 0.631. The molecular weight excluding hydrogens is 406 g/mol. The summed E-state index contributed by atoms with van der Waals surface area (Å²) in [7, 11) is 0. The molecule has 1 aromatic carbocycles. The molecule has 3 rings (SSSR count). The first-order chi connectivity index (χ1) is 11.0. The van der Waals surface area contributed by atoms with E-state index in [4.69, 9.17) is 0 Å². The smallest absolute Gasteiger partial charge is 0.225 e. The van der Waals surface area contributed by atoms with Gasteiger partial charge in [0.1, 0.15) is 11.6 Å². The molecule has 6 heteroatoms. The first-order valence-corrected chi connectivity index (χ1v) is 9.00. The van der Waals surface area contributed by atoms with Crippen LogP contribution in [0.4, 0.5) is 21.8 Å². The van der Waals surface area contributed by atoms with Crippen molar-refractivity contribution in [3.8, 4) is 0 Å². The Balaban J connectivity index is 1.87. The molecule has 1 saturated carbocycles. The van der Waals surface area contributed by atoms with Crippen LogP contribution in [0.1, 0.15) is 44.7 Å². The summed E-state index contributed by atoms with van der Waals surface area (Å²) >= 11 is 2.09. The maximum atomic E-state index is 14.0. The number of hydrogen-bond acceptors (Lipinski definition) is 4. The average Bonchev–Trinajstić information content (AvgIpc) is 3.34. The van der Waals surface area contributed by atoms with Crippen molar-refractivity contribution < 1.29 is 4.39 Å². The third-order valence-electron chi connectivity index (χ3n) is 3.92. The van der Waals surface area contributed by atoms with Crippen LogP contribution in [0.15, 0.2) is 24.3 Å². The van der Waals surface area contributed by atoms with E-state index < -0.39 is 0 Å². The Morgan fingerprint density at radius 1 is 1.30 bits per heavy atom. The standard InChI is InChI=1S/C17H20FIN4/c1-3-10(2)20-17-22-15(11-4-5-11)9-16(23-17)21-14-7-6-12(19)8-13(14)18/h6-11H,3-5H2,1-2H3,(H2,20,21,22,23)/t10-/m0/s1. The lowest BCUT2D eigenvalue weighted by Gasteiger charge is -2.14. The number of benzene rings is 1. The predicted octanol–water partition coefficient (Wildman–Crippen LogP) is 5.05. The van der Waals surface area contributed by atoms with Gasteiger partial charge in [-0.15, -0.1) is 0 Å². The van der Waals surface area contributed by atoms with Gasteiger partial charge in [0.15, 0.2) is 0 Å². The van der Waals surface area contributed by atoms with Crippen LogP contribution >= 0.6 is 22.6 Å². The highest BCUT2D eigenvalue weighted by molar-refractivity contribution is 14.1. The highest BCUT2D eigenvalue weighted by Gasteiger charge is 2.26. The fourth-order valence-electron chi connectivity index (χ4n) is 2.23. The van der Waals surface area contributed by atoms with Crippen molar-refractivity contribution >= 4 is 40.0 Å². The molecular formula is C17H20FIN4.